The third-order valence-corrected chi connectivity index (χ3v) is 4.03. The van der Waals surface area contributed by atoms with E-state index in [2.05, 4.69) is 26.2 Å². The molecule has 2 N–H and O–H groups in total. The van der Waals surface area contributed by atoms with Gasteiger partial charge in [0, 0.05) is 12.1 Å². The smallest absolute Gasteiger partial charge is 0.224 e. The summed E-state index contributed by atoms with van der Waals surface area (Å²) in [4.78, 5) is 12.0. The number of tetrazole rings is 1. The molecule has 2 aromatic rings. The lowest BCUT2D eigenvalue weighted by Crippen LogP contribution is -2.15. The maximum absolute atomic E-state index is 14.0. The van der Waals surface area contributed by atoms with Crippen LogP contribution in [0.15, 0.2) is 18.2 Å². The molecule has 130 valence electrons. The molecule has 0 saturated carbocycles. The fourth-order valence-corrected chi connectivity index (χ4v) is 2.73. The predicted octanol–water partition coefficient (Wildman–Crippen LogP) is 1.86. The lowest BCUT2D eigenvalue weighted by Gasteiger charge is -2.10. The first-order chi connectivity index (χ1) is 11.1. The number of benzene rings is 1. The van der Waals surface area contributed by atoms with Crippen molar-refractivity contribution in [2.45, 2.75) is 26.2 Å². The number of hydrogen-bond donors (Lipinski definition) is 2. The van der Waals surface area contributed by atoms with Gasteiger partial charge in [-0.05, 0) is 67.4 Å². The largest absolute Gasteiger partial charge is 0.326 e. The van der Waals surface area contributed by atoms with Crippen molar-refractivity contribution >= 4 is 24.0 Å². The van der Waals surface area contributed by atoms with Crippen LogP contribution in [0.2, 0.25) is 0 Å². The lowest BCUT2D eigenvalue weighted by molar-refractivity contribution is -0.116. The first kappa shape index (κ1) is 18.3. The van der Waals surface area contributed by atoms with Crippen LogP contribution in [0.5, 0.6) is 0 Å². The number of nitrogens with one attached hydrogen (secondary N) is 2. The maximum atomic E-state index is 14.0. The predicted molar refractivity (Wildman–Crippen MR) is 89.9 cm³/mol. The van der Waals surface area contributed by atoms with Gasteiger partial charge in [0.25, 0.3) is 0 Å². The Balaban J connectivity index is 0.00000208. The van der Waals surface area contributed by atoms with Crippen molar-refractivity contribution < 1.29 is 9.18 Å². The number of rotatable bonds is 5. The minimum atomic E-state index is -0.449. The van der Waals surface area contributed by atoms with Crippen molar-refractivity contribution in [3.05, 3.63) is 29.8 Å². The van der Waals surface area contributed by atoms with E-state index in [4.69, 9.17) is 0 Å². The van der Waals surface area contributed by atoms with E-state index in [1.54, 1.807) is 6.92 Å². The van der Waals surface area contributed by atoms with Gasteiger partial charge in [-0.15, -0.1) is 17.5 Å². The molecule has 1 aromatic carbocycles. The summed E-state index contributed by atoms with van der Waals surface area (Å²) in [6, 6.07) is 4.37. The molecule has 1 unspecified atom stereocenters. The first-order valence-corrected chi connectivity index (χ1v) is 7.69. The summed E-state index contributed by atoms with van der Waals surface area (Å²) in [5.74, 6) is 0.521. The van der Waals surface area contributed by atoms with Crippen LogP contribution >= 0.6 is 12.4 Å². The van der Waals surface area contributed by atoms with Gasteiger partial charge in [0.2, 0.25) is 5.91 Å². The van der Waals surface area contributed by atoms with Gasteiger partial charge in [-0.2, -0.15) is 4.68 Å². The molecule has 0 aliphatic carbocycles. The van der Waals surface area contributed by atoms with E-state index in [0.717, 1.165) is 25.9 Å². The van der Waals surface area contributed by atoms with E-state index in [1.165, 1.54) is 22.9 Å². The maximum Gasteiger partial charge on any atom is 0.224 e. The number of nitrogens with zero attached hydrogens (tertiary/aromatic N) is 4. The molecule has 1 fully saturated rings. The molecule has 1 amide bonds. The molecule has 0 bridgehead atoms. The second-order valence-corrected chi connectivity index (χ2v) is 5.75. The number of aryl methyl sites for hydroxylation is 1. The third kappa shape index (κ3) is 4.27. The topological polar surface area (TPSA) is 84.7 Å². The van der Waals surface area contributed by atoms with E-state index < -0.39 is 5.82 Å². The lowest BCUT2D eigenvalue weighted by atomic mass is 10.0. The van der Waals surface area contributed by atoms with Gasteiger partial charge in [-0.3, -0.25) is 4.79 Å². The van der Waals surface area contributed by atoms with Crippen LogP contribution in [0.1, 0.15) is 25.1 Å². The van der Waals surface area contributed by atoms with Crippen LogP contribution in [-0.4, -0.2) is 39.2 Å². The molecule has 7 nitrogen and oxygen atoms in total. The van der Waals surface area contributed by atoms with E-state index in [1.807, 2.05) is 0 Å². The summed E-state index contributed by atoms with van der Waals surface area (Å²) in [7, 11) is 0. The Bertz CT molecular complexity index is 701. The van der Waals surface area contributed by atoms with Crippen molar-refractivity contribution in [1.29, 1.82) is 0 Å². The second kappa shape index (κ2) is 8.16. The summed E-state index contributed by atoms with van der Waals surface area (Å²) >= 11 is 0. The highest BCUT2D eigenvalue weighted by molar-refractivity contribution is 5.91. The number of halogens is 2. The highest BCUT2D eigenvalue weighted by atomic mass is 35.5. The zero-order chi connectivity index (χ0) is 16.2. The SMILES string of the molecule is Cc1nnnn1-c1cc(NC(=O)CCC2CCNC2)ccc1F.Cl. The first-order valence-electron chi connectivity index (χ1n) is 7.69. The Morgan fingerprint density at radius 2 is 2.33 bits per heavy atom. The molecule has 24 heavy (non-hydrogen) atoms. The van der Waals surface area contributed by atoms with Gasteiger partial charge >= 0.3 is 0 Å². The summed E-state index contributed by atoms with van der Waals surface area (Å²) in [6.07, 6.45) is 2.44. The molecule has 3 rings (SSSR count). The van der Waals surface area contributed by atoms with Gasteiger partial charge in [-0.1, -0.05) is 0 Å². The Labute approximate surface area is 145 Å². The molecule has 1 saturated heterocycles. The summed E-state index contributed by atoms with van der Waals surface area (Å²) in [5, 5.41) is 17.1. The zero-order valence-corrected chi connectivity index (χ0v) is 14.1. The van der Waals surface area contributed by atoms with Gasteiger partial charge < -0.3 is 10.6 Å². The van der Waals surface area contributed by atoms with Crippen LogP contribution in [-0.2, 0) is 4.79 Å². The summed E-state index contributed by atoms with van der Waals surface area (Å²) < 4.78 is 15.3. The Morgan fingerprint density at radius 1 is 1.50 bits per heavy atom. The van der Waals surface area contributed by atoms with Crippen LogP contribution < -0.4 is 10.6 Å². The minimum absolute atomic E-state index is 0. The van der Waals surface area contributed by atoms with Crippen molar-refractivity contribution in [2.24, 2.45) is 5.92 Å². The van der Waals surface area contributed by atoms with Gasteiger partial charge in [0.15, 0.2) is 5.82 Å². The van der Waals surface area contributed by atoms with Gasteiger partial charge in [0.1, 0.15) is 11.5 Å². The number of anilines is 1. The normalized spacial score (nSPS) is 16.7. The molecule has 0 radical (unpaired) electrons. The Hall–Kier alpha value is -2.06. The molecule has 1 aliphatic rings. The molecule has 2 heterocycles. The minimum Gasteiger partial charge on any atom is -0.326 e. The fraction of sp³-hybridized carbons (Fsp3) is 0.467. The van der Waals surface area contributed by atoms with Crippen molar-refractivity contribution in [1.82, 2.24) is 25.5 Å². The quantitative estimate of drug-likeness (QED) is 0.856. The molecule has 0 spiro atoms. The fourth-order valence-electron chi connectivity index (χ4n) is 2.73. The number of hydrogen-bond acceptors (Lipinski definition) is 5. The standard InChI is InChI=1S/C15H19FN6O.ClH/c1-10-19-20-21-22(10)14-8-12(3-4-13(14)16)18-15(23)5-2-11-6-7-17-9-11;/h3-4,8,11,17H,2,5-7,9H2,1H3,(H,18,23);1H. The average molecular weight is 355 g/mol. The number of aromatic nitrogens is 4. The Morgan fingerprint density at radius 3 is 3.00 bits per heavy atom. The van der Waals surface area contributed by atoms with Crippen molar-refractivity contribution in [3.8, 4) is 5.69 Å². The van der Waals surface area contributed by atoms with Crippen molar-refractivity contribution in [2.75, 3.05) is 18.4 Å². The van der Waals surface area contributed by atoms with Crippen LogP contribution in [0.25, 0.3) is 5.69 Å². The molecule has 9 heteroatoms. The monoisotopic (exact) mass is 354 g/mol. The van der Waals surface area contributed by atoms with Crippen LogP contribution in [0.4, 0.5) is 10.1 Å². The summed E-state index contributed by atoms with van der Waals surface area (Å²) in [6.45, 7) is 3.69. The van der Waals surface area contributed by atoms with Crippen molar-refractivity contribution in [3.63, 3.8) is 0 Å². The summed E-state index contributed by atoms with van der Waals surface area (Å²) in [5.41, 5.74) is 0.746. The molecule has 1 aromatic heterocycles. The molecular formula is C15H20ClFN6O. The number of amides is 1. The van der Waals surface area contributed by atoms with Gasteiger partial charge in [-0.25, -0.2) is 4.39 Å². The van der Waals surface area contributed by atoms with E-state index >= 15 is 0 Å². The average Bonchev–Trinajstić information content (AvgIpc) is 3.19. The van der Waals surface area contributed by atoms with E-state index in [9.17, 15) is 9.18 Å². The zero-order valence-electron chi connectivity index (χ0n) is 13.3. The Kier molecular flexibility index (Phi) is 6.22. The number of carbonyl (C=O) groups excluding carboxylic acids is 1. The van der Waals surface area contributed by atoms with Crippen LogP contribution in [0, 0.1) is 18.7 Å². The third-order valence-electron chi connectivity index (χ3n) is 4.03. The van der Waals surface area contributed by atoms with Crippen LogP contribution in [0.3, 0.4) is 0 Å². The highest BCUT2D eigenvalue weighted by Crippen LogP contribution is 2.20. The second-order valence-electron chi connectivity index (χ2n) is 5.75. The molecular weight excluding hydrogens is 335 g/mol. The van der Waals surface area contributed by atoms with E-state index in [-0.39, 0.29) is 24.0 Å². The highest BCUT2D eigenvalue weighted by Gasteiger charge is 2.16. The molecule has 1 atom stereocenters. The van der Waals surface area contributed by atoms with E-state index in [0.29, 0.717) is 23.9 Å². The van der Waals surface area contributed by atoms with Gasteiger partial charge in [0.05, 0.1) is 0 Å². The molecule has 1 aliphatic heterocycles. The number of carbonyl (C=O) groups is 1.